The molecule has 4 nitrogen and oxygen atoms in total. The second-order valence-corrected chi connectivity index (χ2v) is 4.49. The molecule has 1 aromatic carbocycles. The highest BCUT2D eigenvalue weighted by Gasteiger charge is 2.32. The van der Waals surface area contributed by atoms with E-state index in [-0.39, 0.29) is 5.75 Å². The van der Waals surface area contributed by atoms with Crippen LogP contribution in [0.2, 0.25) is 0 Å². The van der Waals surface area contributed by atoms with Gasteiger partial charge in [-0.05, 0) is 24.6 Å². The van der Waals surface area contributed by atoms with Crippen molar-refractivity contribution in [2.75, 3.05) is 13.7 Å². The van der Waals surface area contributed by atoms with Crippen LogP contribution in [0, 0.1) is 0 Å². The standard InChI is InChI=1S/C13H15F3O4/c1-18-11-3-2-9(20-13(14,15)16)7-10(11)12-6-8(17)4-5-19-12/h2-3,7-8,12,17H,4-6H2,1H3. The monoisotopic (exact) mass is 292 g/mol. The minimum atomic E-state index is -4.75. The third-order valence-electron chi connectivity index (χ3n) is 3.04. The Morgan fingerprint density at radius 2 is 2.10 bits per heavy atom. The van der Waals surface area contributed by atoms with Crippen LogP contribution < -0.4 is 9.47 Å². The van der Waals surface area contributed by atoms with Gasteiger partial charge in [-0.3, -0.25) is 0 Å². The van der Waals surface area contributed by atoms with Gasteiger partial charge in [-0.25, -0.2) is 0 Å². The molecule has 1 aliphatic heterocycles. The normalized spacial score (nSPS) is 23.4. The van der Waals surface area contributed by atoms with Crippen LogP contribution in [0.5, 0.6) is 11.5 Å². The van der Waals surface area contributed by atoms with Crippen molar-refractivity contribution in [3.05, 3.63) is 23.8 Å². The molecule has 0 spiro atoms. The van der Waals surface area contributed by atoms with Crippen molar-refractivity contribution in [2.24, 2.45) is 0 Å². The van der Waals surface area contributed by atoms with Crippen LogP contribution in [0.1, 0.15) is 24.5 Å². The fraction of sp³-hybridized carbons (Fsp3) is 0.538. The summed E-state index contributed by atoms with van der Waals surface area (Å²) in [5, 5.41) is 9.63. The quantitative estimate of drug-likeness (QED) is 0.930. The summed E-state index contributed by atoms with van der Waals surface area (Å²) >= 11 is 0. The van der Waals surface area contributed by atoms with E-state index in [1.807, 2.05) is 0 Å². The third kappa shape index (κ3) is 3.77. The van der Waals surface area contributed by atoms with Crippen molar-refractivity contribution in [1.29, 1.82) is 0 Å². The van der Waals surface area contributed by atoms with Gasteiger partial charge in [0.05, 0.1) is 19.3 Å². The number of alkyl halides is 3. The number of aliphatic hydroxyl groups excluding tert-OH is 1. The van der Waals surface area contributed by atoms with Crippen molar-refractivity contribution < 1.29 is 32.5 Å². The molecule has 7 heteroatoms. The van der Waals surface area contributed by atoms with E-state index >= 15 is 0 Å². The zero-order valence-electron chi connectivity index (χ0n) is 10.8. The van der Waals surface area contributed by atoms with E-state index in [0.29, 0.717) is 30.8 Å². The lowest BCUT2D eigenvalue weighted by molar-refractivity contribution is -0.274. The molecule has 0 radical (unpaired) electrons. The molecule has 2 unspecified atom stereocenters. The van der Waals surface area contributed by atoms with Gasteiger partial charge in [0, 0.05) is 18.6 Å². The van der Waals surface area contributed by atoms with Gasteiger partial charge in [-0.2, -0.15) is 0 Å². The number of methoxy groups -OCH3 is 1. The minimum Gasteiger partial charge on any atom is -0.496 e. The average molecular weight is 292 g/mol. The van der Waals surface area contributed by atoms with Gasteiger partial charge in [0.2, 0.25) is 0 Å². The van der Waals surface area contributed by atoms with Crippen LogP contribution in [0.15, 0.2) is 18.2 Å². The maximum absolute atomic E-state index is 12.2. The second kappa shape index (κ2) is 5.88. The van der Waals surface area contributed by atoms with Gasteiger partial charge >= 0.3 is 6.36 Å². The molecule has 1 fully saturated rings. The van der Waals surface area contributed by atoms with E-state index in [0.717, 1.165) is 0 Å². The topological polar surface area (TPSA) is 47.9 Å². The first-order valence-electron chi connectivity index (χ1n) is 6.12. The molecule has 20 heavy (non-hydrogen) atoms. The van der Waals surface area contributed by atoms with Gasteiger partial charge < -0.3 is 19.3 Å². The van der Waals surface area contributed by atoms with Gasteiger partial charge in [0.15, 0.2) is 0 Å². The van der Waals surface area contributed by atoms with Crippen LogP contribution in [-0.4, -0.2) is 31.3 Å². The van der Waals surface area contributed by atoms with Crippen LogP contribution in [0.4, 0.5) is 13.2 Å². The maximum Gasteiger partial charge on any atom is 0.573 e. The lowest BCUT2D eigenvalue weighted by Gasteiger charge is -2.28. The Morgan fingerprint density at radius 1 is 1.35 bits per heavy atom. The molecule has 1 N–H and O–H groups in total. The molecule has 2 atom stereocenters. The second-order valence-electron chi connectivity index (χ2n) is 4.49. The molecule has 2 rings (SSSR count). The first-order valence-corrected chi connectivity index (χ1v) is 6.12. The molecule has 0 amide bonds. The highest BCUT2D eigenvalue weighted by Crippen LogP contribution is 2.37. The zero-order chi connectivity index (χ0) is 14.8. The van der Waals surface area contributed by atoms with E-state index in [9.17, 15) is 18.3 Å². The Kier molecular flexibility index (Phi) is 4.39. The van der Waals surface area contributed by atoms with E-state index in [1.54, 1.807) is 0 Å². The number of ether oxygens (including phenoxy) is 3. The first kappa shape index (κ1) is 14.9. The summed E-state index contributed by atoms with van der Waals surface area (Å²) in [6, 6.07) is 3.80. The Balaban J connectivity index is 2.26. The van der Waals surface area contributed by atoms with Gasteiger partial charge in [0.25, 0.3) is 0 Å². The SMILES string of the molecule is COc1ccc(OC(F)(F)F)cc1C1CC(O)CCO1. The van der Waals surface area contributed by atoms with Crippen molar-refractivity contribution >= 4 is 0 Å². The molecule has 1 heterocycles. The van der Waals surface area contributed by atoms with E-state index in [1.165, 1.54) is 25.3 Å². The minimum absolute atomic E-state index is 0.311. The van der Waals surface area contributed by atoms with Crippen LogP contribution in [0.3, 0.4) is 0 Å². The smallest absolute Gasteiger partial charge is 0.496 e. The number of benzene rings is 1. The molecule has 1 aromatic rings. The predicted octanol–water partition coefficient (Wildman–Crippen LogP) is 2.81. The van der Waals surface area contributed by atoms with Crippen molar-refractivity contribution in [3.63, 3.8) is 0 Å². The molecular weight excluding hydrogens is 277 g/mol. The Bertz CT molecular complexity index is 461. The molecule has 1 aliphatic rings. The molecule has 0 aliphatic carbocycles. The zero-order valence-corrected chi connectivity index (χ0v) is 10.8. The molecule has 1 saturated heterocycles. The van der Waals surface area contributed by atoms with Crippen LogP contribution >= 0.6 is 0 Å². The fourth-order valence-electron chi connectivity index (χ4n) is 2.16. The number of halogens is 3. The van der Waals surface area contributed by atoms with Gasteiger partial charge in [0.1, 0.15) is 11.5 Å². The largest absolute Gasteiger partial charge is 0.573 e. The van der Waals surface area contributed by atoms with Gasteiger partial charge in [-0.15, -0.1) is 13.2 Å². The molecule has 0 bridgehead atoms. The van der Waals surface area contributed by atoms with Gasteiger partial charge in [-0.1, -0.05) is 0 Å². The number of hydrogen-bond donors (Lipinski definition) is 1. The number of aliphatic hydroxyl groups is 1. The number of rotatable bonds is 3. The summed E-state index contributed by atoms with van der Waals surface area (Å²) in [7, 11) is 1.42. The summed E-state index contributed by atoms with van der Waals surface area (Å²) in [4.78, 5) is 0. The highest BCUT2D eigenvalue weighted by atomic mass is 19.4. The molecule has 0 saturated carbocycles. The lowest BCUT2D eigenvalue weighted by atomic mass is 9.98. The Morgan fingerprint density at radius 3 is 2.70 bits per heavy atom. The molecule has 112 valence electrons. The summed E-state index contributed by atoms with van der Waals surface area (Å²) in [6.07, 6.45) is -4.97. The summed E-state index contributed by atoms with van der Waals surface area (Å²) < 4.78 is 51.2. The lowest BCUT2D eigenvalue weighted by Crippen LogP contribution is -2.24. The van der Waals surface area contributed by atoms with E-state index < -0.39 is 18.6 Å². The third-order valence-corrected chi connectivity index (χ3v) is 3.04. The van der Waals surface area contributed by atoms with Crippen molar-refractivity contribution in [2.45, 2.75) is 31.4 Å². The Labute approximate surface area is 114 Å². The van der Waals surface area contributed by atoms with Crippen molar-refractivity contribution in [1.82, 2.24) is 0 Å². The fourth-order valence-corrected chi connectivity index (χ4v) is 2.16. The van der Waals surface area contributed by atoms with Crippen molar-refractivity contribution in [3.8, 4) is 11.5 Å². The predicted molar refractivity (Wildman–Crippen MR) is 63.6 cm³/mol. The summed E-state index contributed by atoms with van der Waals surface area (Å²) in [5.41, 5.74) is 0.438. The van der Waals surface area contributed by atoms with Crippen LogP contribution in [-0.2, 0) is 4.74 Å². The van der Waals surface area contributed by atoms with E-state index in [4.69, 9.17) is 9.47 Å². The Hall–Kier alpha value is -1.47. The summed E-state index contributed by atoms with van der Waals surface area (Å²) in [5.74, 6) is 0.0654. The summed E-state index contributed by atoms with van der Waals surface area (Å²) in [6.45, 7) is 0.347. The maximum atomic E-state index is 12.2. The van der Waals surface area contributed by atoms with E-state index in [2.05, 4.69) is 4.74 Å². The van der Waals surface area contributed by atoms with Crippen LogP contribution in [0.25, 0.3) is 0 Å². The molecule has 0 aromatic heterocycles. The number of hydrogen-bond acceptors (Lipinski definition) is 4. The average Bonchev–Trinajstić information content (AvgIpc) is 2.37. The first-order chi connectivity index (χ1) is 9.39. The molecular formula is C13H15F3O4. The highest BCUT2D eigenvalue weighted by molar-refractivity contribution is 5.42.